The molecule has 1 N–H and O–H groups in total. The fourth-order valence-electron chi connectivity index (χ4n) is 1.99. The molecule has 1 aromatic rings. The highest BCUT2D eigenvalue weighted by molar-refractivity contribution is 6.31. The van der Waals surface area contributed by atoms with Crippen molar-refractivity contribution in [3.63, 3.8) is 0 Å². The Hall–Kier alpha value is -1.75. The molecule has 5 nitrogen and oxygen atoms in total. The van der Waals surface area contributed by atoms with Gasteiger partial charge in [0, 0.05) is 20.1 Å². The van der Waals surface area contributed by atoms with Crippen LogP contribution in [0.25, 0.3) is 0 Å². The second-order valence-corrected chi connectivity index (χ2v) is 5.13. The van der Waals surface area contributed by atoms with Crippen molar-refractivity contribution in [2.45, 2.75) is 12.3 Å². The minimum Gasteiger partial charge on any atom is -0.371 e. The van der Waals surface area contributed by atoms with Crippen LogP contribution in [-0.4, -0.2) is 37.5 Å². The number of para-hydroxylation sites is 2. The summed E-state index contributed by atoms with van der Waals surface area (Å²) < 4.78 is 0. The second-order valence-electron chi connectivity index (χ2n) is 4.47. The summed E-state index contributed by atoms with van der Waals surface area (Å²) >= 11 is 5.64. The van der Waals surface area contributed by atoms with Crippen LogP contribution in [-0.2, 0) is 4.79 Å². The standard InChI is InChI=1S/C13H16ClN3O2/c1-9(14)12(18)15-13(19)17-8-7-16(2)10-5-3-4-6-11(10)17/h3-6,9H,7-8H2,1-2H3,(H,15,18,19). The number of nitrogens with zero attached hydrogens (tertiary/aromatic N) is 2. The lowest BCUT2D eigenvalue weighted by Crippen LogP contribution is -2.50. The van der Waals surface area contributed by atoms with Crippen molar-refractivity contribution in [1.82, 2.24) is 5.32 Å². The third-order valence-corrected chi connectivity index (χ3v) is 3.28. The maximum absolute atomic E-state index is 12.1. The van der Waals surface area contributed by atoms with E-state index < -0.39 is 17.3 Å². The number of hydrogen-bond acceptors (Lipinski definition) is 3. The van der Waals surface area contributed by atoms with Gasteiger partial charge in [0.25, 0.3) is 0 Å². The number of rotatable bonds is 1. The first-order chi connectivity index (χ1) is 9.00. The van der Waals surface area contributed by atoms with Gasteiger partial charge >= 0.3 is 6.03 Å². The zero-order chi connectivity index (χ0) is 14.0. The number of anilines is 2. The van der Waals surface area contributed by atoms with E-state index in [1.54, 1.807) is 4.90 Å². The number of imide groups is 1. The molecule has 3 amide bonds. The summed E-state index contributed by atoms with van der Waals surface area (Å²) in [6.45, 7) is 2.78. The predicted octanol–water partition coefficient (Wildman–Crippen LogP) is 1.81. The molecule has 1 aliphatic rings. The first-order valence-electron chi connectivity index (χ1n) is 6.07. The normalized spacial score (nSPS) is 15.7. The molecule has 1 atom stereocenters. The number of nitrogens with one attached hydrogen (secondary N) is 1. The quantitative estimate of drug-likeness (QED) is 0.799. The molecule has 6 heteroatoms. The van der Waals surface area contributed by atoms with Crippen molar-refractivity contribution in [3.05, 3.63) is 24.3 Å². The van der Waals surface area contributed by atoms with E-state index in [-0.39, 0.29) is 0 Å². The van der Waals surface area contributed by atoms with Crippen LogP contribution in [0.2, 0.25) is 0 Å². The lowest BCUT2D eigenvalue weighted by atomic mass is 10.2. The van der Waals surface area contributed by atoms with Gasteiger partial charge in [-0.1, -0.05) is 12.1 Å². The Labute approximate surface area is 117 Å². The van der Waals surface area contributed by atoms with Gasteiger partial charge in [0.05, 0.1) is 11.4 Å². The van der Waals surface area contributed by atoms with Gasteiger partial charge in [-0.15, -0.1) is 11.6 Å². The number of urea groups is 1. The molecule has 1 heterocycles. The molecule has 0 fully saturated rings. The average Bonchev–Trinajstić information content (AvgIpc) is 2.39. The number of benzene rings is 1. The Bertz CT molecular complexity index is 504. The summed E-state index contributed by atoms with van der Waals surface area (Å²) in [5, 5.41) is 1.57. The first kappa shape index (κ1) is 13.7. The molecule has 19 heavy (non-hydrogen) atoms. The third-order valence-electron chi connectivity index (χ3n) is 3.08. The van der Waals surface area contributed by atoms with E-state index in [2.05, 4.69) is 10.2 Å². The second kappa shape index (κ2) is 5.48. The van der Waals surface area contributed by atoms with Crippen molar-refractivity contribution in [2.75, 3.05) is 29.9 Å². The number of carbonyl (C=O) groups excluding carboxylic acids is 2. The van der Waals surface area contributed by atoms with Crippen LogP contribution < -0.4 is 15.1 Å². The van der Waals surface area contributed by atoms with Gasteiger partial charge in [-0.3, -0.25) is 15.0 Å². The van der Waals surface area contributed by atoms with Crippen LogP contribution in [0.3, 0.4) is 0 Å². The Morgan fingerprint density at radius 1 is 1.26 bits per heavy atom. The van der Waals surface area contributed by atoms with Crippen LogP contribution in [0.4, 0.5) is 16.2 Å². The van der Waals surface area contributed by atoms with Crippen molar-refractivity contribution in [3.8, 4) is 0 Å². The molecule has 1 aromatic carbocycles. The predicted molar refractivity (Wildman–Crippen MR) is 75.9 cm³/mol. The summed E-state index contributed by atoms with van der Waals surface area (Å²) in [6.07, 6.45) is 0. The molecule has 1 aliphatic heterocycles. The van der Waals surface area contributed by atoms with Crippen molar-refractivity contribution in [2.24, 2.45) is 0 Å². The zero-order valence-corrected chi connectivity index (χ0v) is 11.6. The van der Waals surface area contributed by atoms with Gasteiger partial charge in [-0.05, 0) is 19.1 Å². The van der Waals surface area contributed by atoms with Gasteiger partial charge in [0.15, 0.2) is 0 Å². The molecule has 102 valence electrons. The number of amides is 3. The van der Waals surface area contributed by atoms with E-state index >= 15 is 0 Å². The topological polar surface area (TPSA) is 52.7 Å². The molecule has 0 radical (unpaired) electrons. The molecule has 0 saturated heterocycles. The van der Waals surface area contributed by atoms with Crippen LogP contribution in [0, 0.1) is 0 Å². The third kappa shape index (κ3) is 2.81. The minimum atomic E-state index is -0.730. The fraction of sp³-hybridized carbons (Fsp3) is 0.385. The van der Waals surface area contributed by atoms with Gasteiger partial charge in [-0.2, -0.15) is 0 Å². The molecule has 0 bridgehead atoms. The molecular weight excluding hydrogens is 266 g/mol. The van der Waals surface area contributed by atoms with Crippen LogP contribution in [0.5, 0.6) is 0 Å². The lowest BCUT2D eigenvalue weighted by molar-refractivity contribution is -0.119. The number of likely N-dealkylation sites (N-methyl/N-ethyl adjacent to an activating group) is 1. The van der Waals surface area contributed by atoms with E-state index in [1.165, 1.54) is 6.92 Å². The van der Waals surface area contributed by atoms with Crippen molar-refractivity contribution >= 4 is 34.9 Å². The molecule has 0 saturated carbocycles. The van der Waals surface area contributed by atoms with Gasteiger partial charge in [0.1, 0.15) is 5.38 Å². The van der Waals surface area contributed by atoms with Crippen LogP contribution in [0.1, 0.15) is 6.92 Å². The van der Waals surface area contributed by atoms with E-state index in [1.807, 2.05) is 31.3 Å². The summed E-state index contributed by atoms with van der Waals surface area (Å²) in [4.78, 5) is 27.2. The summed E-state index contributed by atoms with van der Waals surface area (Å²) in [6, 6.07) is 7.16. The smallest absolute Gasteiger partial charge is 0.328 e. The number of fused-ring (bicyclic) bond motifs is 1. The van der Waals surface area contributed by atoms with Crippen molar-refractivity contribution in [1.29, 1.82) is 0 Å². The monoisotopic (exact) mass is 281 g/mol. The maximum atomic E-state index is 12.1. The van der Waals surface area contributed by atoms with Crippen LogP contribution in [0.15, 0.2) is 24.3 Å². The number of alkyl halides is 1. The number of hydrogen-bond donors (Lipinski definition) is 1. The maximum Gasteiger partial charge on any atom is 0.328 e. The van der Waals surface area contributed by atoms with Gasteiger partial charge in [-0.25, -0.2) is 4.79 Å². The number of halogens is 1. The highest BCUT2D eigenvalue weighted by atomic mass is 35.5. The highest BCUT2D eigenvalue weighted by Gasteiger charge is 2.26. The zero-order valence-electron chi connectivity index (χ0n) is 10.9. The van der Waals surface area contributed by atoms with Gasteiger partial charge < -0.3 is 4.90 Å². The number of carbonyl (C=O) groups is 2. The Morgan fingerprint density at radius 2 is 1.89 bits per heavy atom. The van der Waals surface area contributed by atoms with Crippen LogP contribution >= 0.6 is 11.6 Å². The minimum absolute atomic E-state index is 0.432. The van der Waals surface area contributed by atoms with E-state index in [9.17, 15) is 9.59 Å². The van der Waals surface area contributed by atoms with Crippen molar-refractivity contribution < 1.29 is 9.59 Å². The largest absolute Gasteiger partial charge is 0.371 e. The molecule has 2 rings (SSSR count). The van der Waals surface area contributed by atoms with Gasteiger partial charge in [0.2, 0.25) is 5.91 Å². The lowest BCUT2D eigenvalue weighted by Gasteiger charge is -2.35. The molecule has 0 aliphatic carbocycles. The Morgan fingerprint density at radius 3 is 2.53 bits per heavy atom. The fourth-order valence-corrected chi connectivity index (χ4v) is 2.04. The summed E-state index contributed by atoms with van der Waals surface area (Å²) in [5.41, 5.74) is 1.76. The Balaban J connectivity index is 2.20. The SMILES string of the molecule is CC(Cl)C(=O)NC(=O)N1CCN(C)c2ccccc21. The van der Waals surface area contributed by atoms with E-state index in [0.29, 0.717) is 6.54 Å². The molecule has 1 unspecified atom stereocenters. The Kier molecular flexibility index (Phi) is 3.95. The van der Waals surface area contributed by atoms with E-state index in [4.69, 9.17) is 11.6 Å². The molecule has 0 spiro atoms. The summed E-state index contributed by atoms with van der Waals surface area (Å²) in [7, 11) is 1.97. The molecule has 0 aromatic heterocycles. The average molecular weight is 282 g/mol. The first-order valence-corrected chi connectivity index (χ1v) is 6.51. The highest BCUT2D eigenvalue weighted by Crippen LogP contribution is 2.31. The van der Waals surface area contributed by atoms with E-state index in [0.717, 1.165) is 17.9 Å². The summed E-state index contributed by atoms with van der Waals surface area (Å²) in [5.74, 6) is -0.483. The molecular formula is C13H16ClN3O2.